The van der Waals surface area contributed by atoms with Gasteiger partial charge in [0.05, 0.1) is 17.9 Å². The molecule has 0 aliphatic carbocycles. The van der Waals surface area contributed by atoms with E-state index in [-0.39, 0.29) is 0 Å². The molecule has 0 atom stereocenters. The highest BCUT2D eigenvalue weighted by molar-refractivity contribution is 8.02. The lowest BCUT2D eigenvalue weighted by atomic mass is 10.0. The number of aliphatic carboxylic acids is 1. The largest absolute Gasteiger partial charge is 0.480 e. The van der Waals surface area contributed by atoms with Crippen LogP contribution in [0.5, 0.6) is 5.88 Å². The summed E-state index contributed by atoms with van der Waals surface area (Å²) in [4.78, 5) is 19.8. The Morgan fingerprint density at radius 3 is 2.61 bits per heavy atom. The first-order valence-corrected chi connectivity index (χ1v) is 10.9. The van der Waals surface area contributed by atoms with Gasteiger partial charge in [-0.15, -0.1) is 11.3 Å². The average molecular weight is 469 g/mol. The summed E-state index contributed by atoms with van der Waals surface area (Å²) < 4.78 is 43.9. The van der Waals surface area contributed by atoms with Crippen LogP contribution in [0.25, 0.3) is 11.1 Å². The molecule has 1 N–H and O–H groups in total. The molecule has 3 aromatic rings. The van der Waals surface area contributed by atoms with Crippen molar-refractivity contribution in [2.45, 2.75) is 35.5 Å². The second-order valence-electron chi connectivity index (χ2n) is 7.08. The van der Waals surface area contributed by atoms with Gasteiger partial charge in [0.25, 0.3) is 0 Å². The Bertz CT molecular complexity index is 1050. The van der Waals surface area contributed by atoms with Gasteiger partial charge in [0.2, 0.25) is 5.88 Å². The number of thiazole rings is 1. The molecule has 10 heteroatoms. The zero-order valence-electron chi connectivity index (χ0n) is 16.6. The van der Waals surface area contributed by atoms with Crippen LogP contribution in [-0.4, -0.2) is 32.4 Å². The van der Waals surface area contributed by atoms with Crippen molar-refractivity contribution < 1.29 is 27.8 Å². The standard InChI is InChI=1S/C21H19F3N2O3S2/c1-20(2,18(27)28)31-19-26-16(12-30-19)8-9-29-17-7-6-14(11-25-17)13-4-3-5-15(10-13)21(22,23)24/h3-7,10-12H,8-9H2,1-2H3,(H,27,28). The molecule has 31 heavy (non-hydrogen) atoms. The number of carboxylic acids is 1. The third-order valence-corrected chi connectivity index (χ3v) is 6.43. The summed E-state index contributed by atoms with van der Waals surface area (Å²) in [5.41, 5.74) is 1.05. The van der Waals surface area contributed by atoms with Gasteiger partial charge in [0, 0.05) is 29.6 Å². The SMILES string of the molecule is CC(C)(Sc1nc(CCOc2ccc(-c3cccc(C(F)(F)F)c3)cn2)cs1)C(=O)O. The number of carbonyl (C=O) groups is 1. The van der Waals surface area contributed by atoms with Crippen LogP contribution in [0.4, 0.5) is 13.2 Å². The Morgan fingerprint density at radius 2 is 1.97 bits per heavy atom. The van der Waals surface area contributed by atoms with Crippen LogP contribution in [0.15, 0.2) is 52.3 Å². The fourth-order valence-corrected chi connectivity index (χ4v) is 4.71. The highest BCUT2D eigenvalue weighted by atomic mass is 32.2. The minimum atomic E-state index is -4.40. The van der Waals surface area contributed by atoms with Crippen molar-refractivity contribution >= 4 is 29.1 Å². The minimum absolute atomic E-state index is 0.312. The quantitative estimate of drug-likeness (QED) is 0.421. The normalized spacial score (nSPS) is 12.0. The van der Waals surface area contributed by atoms with E-state index in [1.807, 2.05) is 5.38 Å². The first-order valence-electron chi connectivity index (χ1n) is 9.18. The topological polar surface area (TPSA) is 72.3 Å². The molecule has 164 valence electrons. The molecule has 2 heterocycles. The van der Waals surface area contributed by atoms with Gasteiger partial charge < -0.3 is 9.84 Å². The molecule has 0 spiro atoms. The molecule has 0 saturated heterocycles. The molecular formula is C21H19F3N2O3S2. The van der Waals surface area contributed by atoms with Gasteiger partial charge in [-0.3, -0.25) is 4.79 Å². The van der Waals surface area contributed by atoms with E-state index in [9.17, 15) is 23.1 Å². The fourth-order valence-electron chi connectivity index (χ4n) is 2.48. The molecule has 1 aromatic carbocycles. The van der Waals surface area contributed by atoms with Crippen molar-refractivity contribution in [3.8, 4) is 17.0 Å². The van der Waals surface area contributed by atoms with Gasteiger partial charge in [0.15, 0.2) is 4.34 Å². The lowest BCUT2D eigenvalue weighted by Crippen LogP contribution is -2.26. The Labute approximate surface area is 185 Å². The van der Waals surface area contributed by atoms with E-state index in [0.29, 0.717) is 34.4 Å². The lowest BCUT2D eigenvalue weighted by Gasteiger charge is -2.15. The Kier molecular flexibility index (Phi) is 6.90. The van der Waals surface area contributed by atoms with E-state index >= 15 is 0 Å². The van der Waals surface area contributed by atoms with Crippen LogP contribution >= 0.6 is 23.1 Å². The number of halogens is 3. The summed E-state index contributed by atoms with van der Waals surface area (Å²) in [5.74, 6) is -0.551. The van der Waals surface area contributed by atoms with Crippen molar-refractivity contribution in [2.24, 2.45) is 0 Å². The van der Waals surface area contributed by atoms with E-state index < -0.39 is 22.5 Å². The van der Waals surface area contributed by atoms with E-state index in [1.165, 1.54) is 35.4 Å². The number of carboxylic acid groups (broad SMARTS) is 1. The van der Waals surface area contributed by atoms with Crippen LogP contribution in [0.2, 0.25) is 0 Å². The summed E-state index contributed by atoms with van der Waals surface area (Å²) >= 11 is 2.57. The Hall–Kier alpha value is -2.59. The highest BCUT2D eigenvalue weighted by Gasteiger charge is 2.31. The maximum absolute atomic E-state index is 12.9. The maximum atomic E-state index is 12.9. The van der Waals surface area contributed by atoms with Crippen LogP contribution in [-0.2, 0) is 17.4 Å². The number of ether oxygens (including phenoxy) is 1. The molecule has 0 fully saturated rings. The molecule has 0 unspecified atom stereocenters. The number of pyridine rings is 1. The number of thioether (sulfide) groups is 1. The van der Waals surface area contributed by atoms with Crippen molar-refractivity contribution in [3.05, 3.63) is 59.2 Å². The predicted octanol–water partition coefficient (Wildman–Crippen LogP) is 5.80. The molecular weight excluding hydrogens is 449 g/mol. The summed E-state index contributed by atoms with van der Waals surface area (Å²) in [5, 5.41) is 11.1. The molecule has 0 saturated carbocycles. The van der Waals surface area contributed by atoms with Gasteiger partial charge in [-0.25, -0.2) is 9.97 Å². The number of benzene rings is 1. The average Bonchev–Trinajstić information content (AvgIpc) is 3.14. The summed E-state index contributed by atoms with van der Waals surface area (Å²) in [6, 6.07) is 8.33. The van der Waals surface area contributed by atoms with Crippen molar-refractivity contribution in [2.75, 3.05) is 6.61 Å². The van der Waals surface area contributed by atoms with E-state index in [1.54, 1.807) is 32.0 Å². The zero-order chi connectivity index (χ0) is 22.6. The van der Waals surface area contributed by atoms with E-state index in [0.717, 1.165) is 17.8 Å². The lowest BCUT2D eigenvalue weighted by molar-refractivity contribution is -0.139. The molecule has 5 nitrogen and oxygen atoms in total. The second kappa shape index (κ2) is 9.27. The van der Waals surface area contributed by atoms with Crippen molar-refractivity contribution in [3.63, 3.8) is 0 Å². The molecule has 0 radical (unpaired) electrons. The highest BCUT2D eigenvalue weighted by Crippen LogP contribution is 2.35. The summed E-state index contributed by atoms with van der Waals surface area (Å²) in [6.45, 7) is 3.56. The van der Waals surface area contributed by atoms with Crippen LogP contribution in [0.1, 0.15) is 25.1 Å². The number of rotatable bonds is 8. The first-order chi connectivity index (χ1) is 14.5. The van der Waals surface area contributed by atoms with Gasteiger partial charge in [-0.2, -0.15) is 13.2 Å². The van der Waals surface area contributed by atoms with E-state index in [4.69, 9.17) is 4.74 Å². The molecule has 0 aliphatic rings. The minimum Gasteiger partial charge on any atom is -0.480 e. The van der Waals surface area contributed by atoms with Crippen LogP contribution in [0, 0.1) is 0 Å². The molecule has 2 aromatic heterocycles. The molecule has 0 bridgehead atoms. The zero-order valence-corrected chi connectivity index (χ0v) is 18.3. The van der Waals surface area contributed by atoms with Crippen molar-refractivity contribution in [1.29, 1.82) is 0 Å². The molecule has 3 rings (SSSR count). The number of nitrogens with zero attached hydrogens (tertiary/aromatic N) is 2. The fraction of sp³-hybridized carbons (Fsp3) is 0.286. The third kappa shape index (κ3) is 6.20. The summed E-state index contributed by atoms with van der Waals surface area (Å²) in [6.07, 6.45) is -2.41. The van der Waals surface area contributed by atoms with Gasteiger partial charge in [-0.05, 0) is 37.6 Å². The number of hydrogen-bond acceptors (Lipinski definition) is 6. The van der Waals surface area contributed by atoms with Crippen molar-refractivity contribution in [1.82, 2.24) is 9.97 Å². The molecule has 0 amide bonds. The molecule has 0 aliphatic heterocycles. The predicted molar refractivity (Wildman–Crippen MR) is 114 cm³/mol. The Balaban J connectivity index is 1.55. The summed E-state index contributed by atoms with van der Waals surface area (Å²) in [7, 11) is 0. The third-order valence-electron chi connectivity index (χ3n) is 4.26. The first kappa shape index (κ1) is 23.1. The Morgan fingerprint density at radius 1 is 1.19 bits per heavy atom. The smallest absolute Gasteiger partial charge is 0.416 e. The number of aromatic nitrogens is 2. The van der Waals surface area contributed by atoms with E-state index in [2.05, 4.69) is 9.97 Å². The number of alkyl halides is 3. The van der Waals surface area contributed by atoms with Crippen LogP contribution in [0.3, 0.4) is 0 Å². The maximum Gasteiger partial charge on any atom is 0.416 e. The number of hydrogen-bond donors (Lipinski definition) is 1. The monoisotopic (exact) mass is 468 g/mol. The van der Waals surface area contributed by atoms with Gasteiger partial charge in [-0.1, -0.05) is 23.9 Å². The van der Waals surface area contributed by atoms with Crippen LogP contribution < -0.4 is 4.74 Å². The van der Waals surface area contributed by atoms with Gasteiger partial charge >= 0.3 is 12.1 Å². The second-order valence-corrected chi connectivity index (χ2v) is 9.81. The van der Waals surface area contributed by atoms with Gasteiger partial charge in [0.1, 0.15) is 4.75 Å².